The van der Waals surface area contributed by atoms with Crippen LogP contribution in [0.2, 0.25) is 0 Å². The van der Waals surface area contributed by atoms with Gasteiger partial charge < -0.3 is 4.74 Å². The van der Waals surface area contributed by atoms with Crippen molar-refractivity contribution < 1.29 is 9.13 Å². The molecule has 2 saturated carbocycles. The van der Waals surface area contributed by atoms with Crippen LogP contribution in [0.25, 0.3) is 10.8 Å². The second-order valence-corrected chi connectivity index (χ2v) is 8.58. The summed E-state index contributed by atoms with van der Waals surface area (Å²) in [4.78, 5) is 0. The standard InChI is InChI=1S/C25H31FO/c1-3-17-4-6-18(7-5-17)19-8-10-20(11-9-19)21-12-14-23-22(16-21)13-15-24(27-2)25(23)26/h3,12-20H,1,4-11H2,2H3. The first-order chi connectivity index (χ1) is 13.2. The number of benzene rings is 2. The molecule has 0 aliphatic heterocycles. The van der Waals surface area contributed by atoms with Crippen LogP contribution < -0.4 is 4.74 Å². The summed E-state index contributed by atoms with van der Waals surface area (Å²) in [6, 6.07) is 9.97. The molecule has 2 fully saturated rings. The van der Waals surface area contributed by atoms with Crippen molar-refractivity contribution in [2.45, 2.75) is 57.3 Å². The lowest BCUT2D eigenvalue weighted by Gasteiger charge is -2.37. The van der Waals surface area contributed by atoms with E-state index in [0.717, 1.165) is 23.1 Å². The second kappa shape index (κ2) is 8.04. The van der Waals surface area contributed by atoms with Gasteiger partial charge in [-0.1, -0.05) is 30.3 Å². The zero-order valence-electron chi connectivity index (χ0n) is 16.4. The van der Waals surface area contributed by atoms with Crippen molar-refractivity contribution in [2.75, 3.05) is 7.11 Å². The average Bonchev–Trinajstić information content (AvgIpc) is 2.74. The van der Waals surface area contributed by atoms with Crippen molar-refractivity contribution in [3.05, 3.63) is 54.4 Å². The van der Waals surface area contributed by atoms with E-state index < -0.39 is 0 Å². The van der Waals surface area contributed by atoms with Crippen LogP contribution in [0.4, 0.5) is 4.39 Å². The molecule has 0 unspecified atom stereocenters. The van der Waals surface area contributed by atoms with Crippen LogP contribution in [0.3, 0.4) is 0 Å². The molecular weight excluding hydrogens is 335 g/mol. The summed E-state index contributed by atoms with van der Waals surface area (Å²) in [7, 11) is 1.51. The molecule has 0 atom stereocenters. The molecule has 0 amide bonds. The van der Waals surface area contributed by atoms with E-state index in [9.17, 15) is 4.39 Å². The highest BCUT2D eigenvalue weighted by molar-refractivity contribution is 5.85. The first-order valence-electron chi connectivity index (χ1n) is 10.6. The van der Waals surface area contributed by atoms with Crippen LogP contribution in [0.1, 0.15) is 62.8 Å². The van der Waals surface area contributed by atoms with Gasteiger partial charge in [0.05, 0.1) is 7.11 Å². The Bertz CT molecular complexity index is 795. The Morgan fingerprint density at radius 2 is 1.59 bits per heavy atom. The lowest BCUT2D eigenvalue weighted by Crippen LogP contribution is -2.25. The highest BCUT2D eigenvalue weighted by Crippen LogP contribution is 2.44. The second-order valence-electron chi connectivity index (χ2n) is 8.58. The van der Waals surface area contributed by atoms with Gasteiger partial charge in [-0.05, 0) is 92.1 Å². The van der Waals surface area contributed by atoms with E-state index >= 15 is 0 Å². The van der Waals surface area contributed by atoms with E-state index in [2.05, 4.69) is 24.8 Å². The van der Waals surface area contributed by atoms with Crippen molar-refractivity contribution in [1.82, 2.24) is 0 Å². The minimum absolute atomic E-state index is 0.250. The summed E-state index contributed by atoms with van der Waals surface area (Å²) in [5.74, 6) is 3.30. The molecule has 0 spiro atoms. The average molecular weight is 367 g/mol. The molecule has 2 heteroatoms. The number of ether oxygens (including phenoxy) is 1. The zero-order valence-corrected chi connectivity index (χ0v) is 16.4. The third kappa shape index (κ3) is 3.77. The van der Waals surface area contributed by atoms with Gasteiger partial charge >= 0.3 is 0 Å². The van der Waals surface area contributed by atoms with Crippen LogP contribution in [0, 0.1) is 23.6 Å². The highest BCUT2D eigenvalue weighted by Gasteiger charge is 2.30. The summed E-state index contributed by atoms with van der Waals surface area (Å²) in [5, 5.41) is 1.64. The van der Waals surface area contributed by atoms with Gasteiger partial charge in [0, 0.05) is 5.39 Å². The van der Waals surface area contributed by atoms with Crippen molar-refractivity contribution in [3.8, 4) is 5.75 Å². The smallest absolute Gasteiger partial charge is 0.172 e. The predicted octanol–water partition coefficient (Wildman–Crippen LogP) is 7.25. The van der Waals surface area contributed by atoms with Gasteiger partial charge in [0.15, 0.2) is 11.6 Å². The highest BCUT2D eigenvalue weighted by atomic mass is 19.1. The molecule has 0 bridgehead atoms. The fourth-order valence-corrected chi connectivity index (χ4v) is 5.48. The predicted molar refractivity (Wildman–Crippen MR) is 111 cm³/mol. The molecule has 27 heavy (non-hydrogen) atoms. The van der Waals surface area contributed by atoms with E-state index in [0.29, 0.717) is 17.1 Å². The van der Waals surface area contributed by atoms with Crippen molar-refractivity contribution in [3.63, 3.8) is 0 Å². The van der Waals surface area contributed by atoms with Gasteiger partial charge in [-0.3, -0.25) is 0 Å². The molecular formula is C25H31FO. The van der Waals surface area contributed by atoms with Crippen molar-refractivity contribution >= 4 is 10.8 Å². The zero-order chi connectivity index (χ0) is 18.8. The summed E-state index contributed by atoms with van der Waals surface area (Å²) >= 11 is 0. The van der Waals surface area contributed by atoms with Gasteiger partial charge in [-0.15, -0.1) is 6.58 Å². The fraction of sp³-hybridized carbons (Fsp3) is 0.520. The van der Waals surface area contributed by atoms with Crippen molar-refractivity contribution in [2.24, 2.45) is 17.8 Å². The van der Waals surface area contributed by atoms with E-state index in [4.69, 9.17) is 4.74 Å². The fourth-order valence-electron chi connectivity index (χ4n) is 5.48. The number of rotatable bonds is 4. The van der Waals surface area contributed by atoms with Gasteiger partial charge in [0.1, 0.15) is 0 Å². The Labute approximate surface area is 162 Å². The largest absolute Gasteiger partial charge is 0.494 e. The van der Waals surface area contributed by atoms with Crippen LogP contribution in [-0.2, 0) is 0 Å². The van der Waals surface area contributed by atoms with Gasteiger partial charge in [-0.25, -0.2) is 4.39 Å². The van der Waals surface area contributed by atoms with E-state index in [1.807, 2.05) is 12.1 Å². The summed E-state index contributed by atoms with van der Waals surface area (Å²) < 4.78 is 19.5. The molecule has 144 valence electrons. The quantitative estimate of drug-likeness (QED) is 0.518. The normalized spacial score (nSPS) is 28.8. The molecule has 2 aromatic carbocycles. The lowest BCUT2D eigenvalue weighted by atomic mass is 9.68. The van der Waals surface area contributed by atoms with E-state index in [-0.39, 0.29) is 5.82 Å². The molecule has 2 aliphatic rings. The van der Waals surface area contributed by atoms with E-state index in [1.54, 1.807) is 6.07 Å². The van der Waals surface area contributed by atoms with Crippen LogP contribution in [-0.4, -0.2) is 7.11 Å². The molecule has 0 heterocycles. The number of allylic oxidation sites excluding steroid dienone is 1. The Hall–Kier alpha value is -1.83. The maximum atomic E-state index is 14.4. The third-order valence-corrected chi connectivity index (χ3v) is 7.22. The Morgan fingerprint density at radius 3 is 2.22 bits per heavy atom. The van der Waals surface area contributed by atoms with Gasteiger partial charge in [-0.2, -0.15) is 0 Å². The van der Waals surface area contributed by atoms with Crippen LogP contribution in [0.15, 0.2) is 43.0 Å². The molecule has 0 N–H and O–H groups in total. The first-order valence-corrected chi connectivity index (χ1v) is 10.6. The minimum atomic E-state index is -0.250. The van der Waals surface area contributed by atoms with Crippen LogP contribution in [0.5, 0.6) is 5.75 Å². The molecule has 2 aliphatic carbocycles. The molecule has 0 aromatic heterocycles. The summed E-state index contributed by atoms with van der Waals surface area (Å²) in [6.07, 6.45) is 12.9. The lowest BCUT2D eigenvalue weighted by molar-refractivity contribution is 0.171. The Kier molecular flexibility index (Phi) is 5.52. The topological polar surface area (TPSA) is 9.23 Å². The molecule has 0 radical (unpaired) electrons. The Balaban J connectivity index is 1.41. The van der Waals surface area contributed by atoms with Gasteiger partial charge in [0.25, 0.3) is 0 Å². The minimum Gasteiger partial charge on any atom is -0.494 e. The number of fused-ring (bicyclic) bond motifs is 1. The SMILES string of the molecule is C=CC1CCC(C2CCC(c3ccc4c(F)c(OC)ccc4c3)CC2)CC1. The number of halogens is 1. The third-order valence-electron chi connectivity index (χ3n) is 7.22. The van der Waals surface area contributed by atoms with E-state index in [1.165, 1.54) is 64.0 Å². The number of methoxy groups -OCH3 is 1. The monoisotopic (exact) mass is 366 g/mol. The Morgan fingerprint density at radius 1 is 0.926 bits per heavy atom. The summed E-state index contributed by atoms with van der Waals surface area (Å²) in [5.41, 5.74) is 1.38. The first kappa shape index (κ1) is 18.5. The number of hydrogen-bond acceptors (Lipinski definition) is 1. The molecule has 0 saturated heterocycles. The molecule has 2 aromatic rings. The van der Waals surface area contributed by atoms with Crippen LogP contribution >= 0.6 is 0 Å². The molecule has 4 rings (SSSR count). The molecule has 1 nitrogen and oxygen atoms in total. The van der Waals surface area contributed by atoms with Crippen molar-refractivity contribution in [1.29, 1.82) is 0 Å². The number of hydrogen-bond donors (Lipinski definition) is 0. The summed E-state index contributed by atoms with van der Waals surface area (Å²) in [6.45, 7) is 3.97. The maximum Gasteiger partial charge on any atom is 0.172 e. The van der Waals surface area contributed by atoms with Gasteiger partial charge in [0.2, 0.25) is 0 Å². The maximum absolute atomic E-state index is 14.4.